The van der Waals surface area contributed by atoms with Gasteiger partial charge in [-0.25, -0.2) is 4.98 Å². The Morgan fingerprint density at radius 2 is 1.95 bits per heavy atom. The third kappa shape index (κ3) is 3.03. The Labute approximate surface area is 115 Å². The first-order chi connectivity index (χ1) is 9.19. The molecule has 0 aliphatic carbocycles. The number of anilines is 1. The lowest BCUT2D eigenvalue weighted by molar-refractivity contribution is 0.0717. The lowest BCUT2D eigenvalue weighted by atomic mass is 10.0. The van der Waals surface area contributed by atoms with Gasteiger partial charge < -0.3 is 9.64 Å². The van der Waals surface area contributed by atoms with E-state index in [1.807, 2.05) is 0 Å². The van der Waals surface area contributed by atoms with Crippen LogP contribution < -0.4 is 4.90 Å². The van der Waals surface area contributed by atoms with E-state index in [0.717, 1.165) is 49.6 Å². The number of piperidine rings is 1. The van der Waals surface area contributed by atoms with Crippen LogP contribution in [0.1, 0.15) is 45.0 Å². The van der Waals surface area contributed by atoms with Crippen LogP contribution in [0, 0.1) is 0 Å². The summed E-state index contributed by atoms with van der Waals surface area (Å²) >= 11 is 0. The molecule has 1 aliphatic heterocycles. The van der Waals surface area contributed by atoms with Gasteiger partial charge in [-0.2, -0.15) is 5.10 Å². The highest BCUT2D eigenvalue weighted by Gasteiger charge is 2.27. The van der Waals surface area contributed by atoms with Crippen LogP contribution >= 0.6 is 0 Å². The fourth-order valence-corrected chi connectivity index (χ4v) is 2.69. The van der Waals surface area contributed by atoms with Crippen molar-refractivity contribution in [2.24, 2.45) is 0 Å². The van der Waals surface area contributed by atoms with E-state index in [1.54, 1.807) is 7.11 Å². The molecule has 5 heteroatoms. The van der Waals surface area contributed by atoms with Crippen molar-refractivity contribution in [1.82, 2.24) is 15.2 Å². The summed E-state index contributed by atoms with van der Waals surface area (Å²) in [6, 6.07) is 0.401. The number of aromatic nitrogens is 3. The van der Waals surface area contributed by atoms with Gasteiger partial charge in [-0.05, 0) is 32.6 Å². The van der Waals surface area contributed by atoms with Gasteiger partial charge in [-0.15, -0.1) is 5.10 Å². The van der Waals surface area contributed by atoms with E-state index in [2.05, 4.69) is 35.9 Å². The van der Waals surface area contributed by atoms with Crippen LogP contribution in [-0.2, 0) is 17.6 Å². The van der Waals surface area contributed by atoms with E-state index < -0.39 is 0 Å². The maximum atomic E-state index is 5.44. The topological polar surface area (TPSA) is 51.1 Å². The van der Waals surface area contributed by atoms with Gasteiger partial charge in [0.05, 0.1) is 17.5 Å². The minimum atomic E-state index is 0.361. The first-order valence-electron chi connectivity index (χ1n) is 7.21. The highest BCUT2D eigenvalue weighted by Crippen LogP contribution is 2.23. The van der Waals surface area contributed by atoms with Crippen molar-refractivity contribution in [3.63, 3.8) is 0 Å². The van der Waals surface area contributed by atoms with Gasteiger partial charge in [0.2, 0.25) is 5.95 Å². The smallest absolute Gasteiger partial charge is 0.245 e. The molecule has 19 heavy (non-hydrogen) atoms. The van der Waals surface area contributed by atoms with Crippen LogP contribution in [0.25, 0.3) is 0 Å². The Kier molecular flexibility index (Phi) is 4.69. The van der Waals surface area contributed by atoms with Crippen molar-refractivity contribution >= 4 is 5.95 Å². The zero-order valence-electron chi connectivity index (χ0n) is 12.4. The minimum absolute atomic E-state index is 0.361. The van der Waals surface area contributed by atoms with Crippen LogP contribution in [0.5, 0.6) is 0 Å². The molecule has 1 fully saturated rings. The van der Waals surface area contributed by atoms with E-state index in [0.29, 0.717) is 12.1 Å². The molecule has 1 aromatic heterocycles. The van der Waals surface area contributed by atoms with Crippen molar-refractivity contribution in [3.05, 3.63) is 11.4 Å². The van der Waals surface area contributed by atoms with E-state index in [9.17, 15) is 0 Å². The van der Waals surface area contributed by atoms with Crippen molar-refractivity contribution in [1.29, 1.82) is 0 Å². The molecule has 2 heterocycles. The molecule has 1 saturated heterocycles. The van der Waals surface area contributed by atoms with Crippen molar-refractivity contribution < 1.29 is 4.74 Å². The van der Waals surface area contributed by atoms with Crippen molar-refractivity contribution in [2.75, 3.05) is 18.6 Å². The van der Waals surface area contributed by atoms with Gasteiger partial charge in [0, 0.05) is 19.7 Å². The van der Waals surface area contributed by atoms with Crippen LogP contribution in [0.15, 0.2) is 0 Å². The molecule has 0 spiro atoms. The van der Waals surface area contributed by atoms with Crippen molar-refractivity contribution in [2.45, 2.75) is 58.6 Å². The first kappa shape index (κ1) is 14.2. The third-order valence-corrected chi connectivity index (χ3v) is 3.92. The second-order valence-electron chi connectivity index (χ2n) is 5.14. The third-order valence-electron chi connectivity index (χ3n) is 3.92. The molecule has 0 bridgehead atoms. The van der Waals surface area contributed by atoms with Gasteiger partial charge >= 0.3 is 0 Å². The van der Waals surface area contributed by atoms with Gasteiger partial charge in [0.1, 0.15) is 0 Å². The Balaban J connectivity index is 2.18. The summed E-state index contributed by atoms with van der Waals surface area (Å²) in [5.41, 5.74) is 2.10. The summed E-state index contributed by atoms with van der Waals surface area (Å²) in [5, 5.41) is 8.64. The summed E-state index contributed by atoms with van der Waals surface area (Å²) in [7, 11) is 1.79. The molecule has 5 nitrogen and oxygen atoms in total. The molecule has 1 aliphatic rings. The molecule has 0 radical (unpaired) electrons. The summed E-state index contributed by atoms with van der Waals surface area (Å²) in [6.45, 7) is 7.36. The average molecular weight is 264 g/mol. The average Bonchev–Trinajstić information content (AvgIpc) is 2.46. The molecule has 106 valence electrons. The normalized spacial score (nSPS) is 23.7. The highest BCUT2D eigenvalue weighted by molar-refractivity contribution is 5.33. The largest absolute Gasteiger partial charge is 0.381 e. The maximum absolute atomic E-state index is 5.44. The number of ether oxygens (including phenoxy) is 1. The predicted molar refractivity (Wildman–Crippen MR) is 75.4 cm³/mol. The zero-order chi connectivity index (χ0) is 13.8. The van der Waals surface area contributed by atoms with Crippen LogP contribution in [0.4, 0.5) is 5.95 Å². The Morgan fingerprint density at radius 1 is 1.21 bits per heavy atom. The summed E-state index contributed by atoms with van der Waals surface area (Å²) in [4.78, 5) is 6.95. The van der Waals surface area contributed by atoms with Crippen LogP contribution in [0.2, 0.25) is 0 Å². The number of hydrogen-bond donors (Lipinski definition) is 0. The summed E-state index contributed by atoms with van der Waals surface area (Å²) < 4.78 is 5.44. The monoisotopic (exact) mass is 264 g/mol. The first-order valence-corrected chi connectivity index (χ1v) is 7.21. The zero-order valence-corrected chi connectivity index (χ0v) is 12.4. The molecule has 0 N–H and O–H groups in total. The number of aryl methyl sites for hydroxylation is 2. The quantitative estimate of drug-likeness (QED) is 0.832. The van der Waals surface area contributed by atoms with Crippen LogP contribution in [-0.4, -0.2) is 41.0 Å². The lowest BCUT2D eigenvalue weighted by Gasteiger charge is -2.37. The fraction of sp³-hybridized carbons (Fsp3) is 0.786. The minimum Gasteiger partial charge on any atom is -0.381 e. The summed E-state index contributed by atoms with van der Waals surface area (Å²) in [6.07, 6.45) is 4.22. The fourth-order valence-electron chi connectivity index (χ4n) is 2.69. The van der Waals surface area contributed by atoms with E-state index >= 15 is 0 Å². The number of rotatable bonds is 4. The van der Waals surface area contributed by atoms with Gasteiger partial charge in [-0.3, -0.25) is 0 Å². The van der Waals surface area contributed by atoms with Gasteiger partial charge in [-0.1, -0.05) is 13.8 Å². The molecular weight excluding hydrogens is 240 g/mol. The predicted octanol–water partition coefficient (Wildman–Crippen LogP) is 2.00. The lowest BCUT2D eigenvalue weighted by Crippen LogP contribution is -2.44. The van der Waals surface area contributed by atoms with E-state index in [1.165, 1.54) is 0 Å². The molecule has 1 aromatic rings. The highest BCUT2D eigenvalue weighted by atomic mass is 16.5. The maximum Gasteiger partial charge on any atom is 0.245 e. The molecular formula is C14H24N4O. The second kappa shape index (κ2) is 6.28. The standard InChI is InChI=1S/C14H24N4O/c1-5-12-13(6-2)16-17-14(15-12)18-8-7-11(19-4)9-10(18)3/h10-11H,5-9H2,1-4H3/t10-,11+/m0/s1. The van der Waals surface area contributed by atoms with Gasteiger partial charge in [0.15, 0.2) is 0 Å². The van der Waals surface area contributed by atoms with Crippen molar-refractivity contribution in [3.8, 4) is 0 Å². The Hall–Kier alpha value is -1.23. The molecule has 2 rings (SSSR count). The molecule has 0 aromatic carbocycles. The molecule has 0 amide bonds. The second-order valence-corrected chi connectivity index (χ2v) is 5.14. The van der Waals surface area contributed by atoms with E-state index in [4.69, 9.17) is 9.72 Å². The van der Waals surface area contributed by atoms with E-state index in [-0.39, 0.29) is 0 Å². The SMILES string of the molecule is CCc1nnc(N2CC[C@@H](OC)C[C@@H]2C)nc1CC. The van der Waals surface area contributed by atoms with Gasteiger partial charge in [0.25, 0.3) is 0 Å². The number of methoxy groups -OCH3 is 1. The Bertz CT molecular complexity index is 424. The summed E-state index contributed by atoms with van der Waals surface area (Å²) in [5.74, 6) is 0.774. The molecule has 0 unspecified atom stereocenters. The molecule has 2 atom stereocenters. The molecule has 0 saturated carbocycles. The Morgan fingerprint density at radius 3 is 2.53 bits per heavy atom. The number of hydrogen-bond acceptors (Lipinski definition) is 5. The van der Waals surface area contributed by atoms with Crippen LogP contribution in [0.3, 0.4) is 0 Å². The number of nitrogens with zero attached hydrogens (tertiary/aromatic N) is 4.